The van der Waals surface area contributed by atoms with Gasteiger partial charge < -0.3 is 11.1 Å². The van der Waals surface area contributed by atoms with Crippen molar-refractivity contribution in [1.29, 1.82) is 0 Å². The summed E-state index contributed by atoms with van der Waals surface area (Å²) in [6.45, 7) is 1.59. The Bertz CT molecular complexity index is 673. The number of amides is 2. The van der Waals surface area contributed by atoms with Gasteiger partial charge >= 0.3 is 0 Å². The molecule has 0 radical (unpaired) electrons. The maximum Gasteiger partial charge on any atom is 0.247 e. The second kappa shape index (κ2) is 6.94. The van der Waals surface area contributed by atoms with Crippen molar-refractivity contribution < 1.29 is 9.59 Å². The highest BCUT2D eigenvalue weighted by Crippen LogP contribution is 2.24. The lowest BCUT2D eigenvalue weighted by molar-refractivity contribution is -0.131. The van der Waals surface area contributed by atoms with E-state index in [-0.39, 0.29) is 5.91 Å². The molecule has 0 bridgehead atoms. The summed E-state index contributed by atoms with van der Waals surface area (Å²) in [5.41, 5.74) is 5.88. The summed E-state index contributed by atoms with van der Waals surface area (Å²) in [5.74, 6) is -0.855. The topological polar surface area (TPSA) is 72.2 Å². The van der Waals surface area contributed by atoms with Gasteiger partial charge in [-0.1, -0.05) is 23.7 Å². The van der Waals surface area contributed by atoms with Gasteiger partial charge in [0.25, 0.3) is 0 Å². The molecule has 0 unspecified atom stereocenters. The minimum Gasteiger partial charge on any atom is -0.367 e. The summed E-state index contributed by atoms with van der Waals surface area (Å²) in [5, 5.41) is 7.18. The lowest BCUT2D eigenvalue weighted by Gasteiger charge is -2.28. The number of hydrogen-bond acceptors (Lipinski definition) is 3. The zero-order valence-electron chi connectivity index (χ0n) is 12.1. The van der Waals surface area contributed by atoms with Gasteiger partial charge in [0, 0.05) is 11.4 Å². The van der Waals surface area contributed by atoms with Crippen LogP contribution in [0.5, 0.6) is 0 Å². The standard InChI is InChI=1S/C16H17ClN2O2S/c1-16(15(18)21,12-3-2-4-13(17)9-12)19-14(20)6-5-11-7-8-22-10-11/h2-4,7-10H,5-6H2,1H3,(H2,18,21)(H,19,20)/t16-/m0/s1. The summed E-state index contributed by atoms with van der Waals surface area (Å²) in [6, 6.07) is 8.74. The first-order valence-corrected chi connectivity index (χ1v) is 8.12. The first-order chi connectivity index (χ1) is 10.4. The predicted molar refractivity (Wildman–Crippen MR) is 88.8 cm³/mol. The fraction of sp³-hybridized carbons (Fsp3) is 0.250. The van der Waals surface area contributed by atoms with E-state index in [0.29, 0.717) is 23.4 Å². The predicted octanol–water partition coefficient (Wildman–Crippen LogP) is 2.85. The monoisotopic (exact) mass is 336 g/mol. The van der Waals surface area contributed by atoms with Gasteiger partial charge in [-0.15, -0.1) is 0 Å². The van der Waals surface area contributed by atoms with E-state index in [9.17, 15) is 9.59 Å². The van der Waals surface area contributed by atoms with Crippen LogP contribution in [-0.4, -0.2) is 11.8 Å². The summed E-state index contributed by atoms with van der Waals surface area (Å²) in [4.78, 5) is 24.0. The van der Waals surface area contributed by atoms with Gasteiger partial charge in [-0.25, -0.2) is 0 Å². The van der Waals surface area contributed by atoms with Crippen LogP contribution < -0.4 is 11.1 Å². The Balaban J connectivity index is 2.11. The minimum absolute atomic E-state index is 0.229. The fourth-order valence-corrected chi connectivity index (χ4v) is 3.00. The minimum atomic E-state index is -1.28. The highest BCUT2D eigenvalue weighted by molar-refractivity contribution is 7.07. The molecule has 1 aromatic carbocycles. The van der Waals surface area contributed by atoms with Gasteiger partial charge in [-0.3, -0.25) is 9.59 Å². The van der Waals surface area contributed by atoms with Crippen LogP contribution in [0.3, 0.4) is 0 Å². The van der Waals surface area contributed by atoms with Crippen molar-refractivity contribution in [3.63, 3.8) is 0 Å². The molecule has 22 heavy (non-hydrogen) atoms. The molecule has 3 N–H and O–H groups in total. The van der Waals surface area contributed by atoms with Crippen LogP contribution in [-0.2, 0) is 21.5 Å². The summed E-state index contributed by atoms with van der Waals surface area (Å²) >= 11 is 7.54. The number of nitrogens with one attached hydrogen (secondary N) is 1. The number of primary amides is 1. The molecule has 1 aromatic heterocycles. The number of rotatable bonds is 6. The molecule has 1 heterocycles. The number of benzene rings is 1. The second-order valence-electron chi connectivity index (χ2n) is 5.18. The van der Waals surface area contributed by atoms with Crippen LogP contribution in [0.15, 0.2) is 41.1 Å². The SMILES string of the molecule is C[C@@](NC(=O)CCc1ccsc1)(C(N)=O)c1cccc(Cl)c1. The van der Waals surface area contributed by atoms with Crippen molar-refractivity contribution >= 4 is 34.8 Å². The summed E-state index contributed by atoms with van der Waals surface area (Å²) in [7, 11) is 0. The summed E-state index contributed by atoms with van der Waals surface area (Å²) < 4.78 is 0. The van der Waals surface area contributed by atoms with Crippen molar-refractivity contribution in [3.8, 4) is 0 Å². The quantitative estimate of drug-likeness (QED) is 0.851. The Morgan fingerprint density at radius 2 is 2.14 bits per heavy atom. The molecule has 0 saturated heterocycles. The fourth-order valence-electron chi connectivity index (χ4n) is 2.11. The molecular weight excluding hydrogens is 320 g/mol. The van der Waals surface area contributed by atoms with E-state index in [1.807, 2.05) is 16.8 Å². The third-order valence-electron chi connectivity index (χ3n) is 3.51. The molecule has 0 spiro atoms. The van der Waals surface area contributed by atoms with Crippen LogP contribution in [0, 0.1) is 0 Å². The number of halogens is 1. The number of carbonyl (C=O) groups is 2. The Hall–Kier alpha value is -1.85. The molecule has 1 atom stereocenters. The largest absolute Gasteiger partial charge is 0.367 e. The van der Waals surface area contributed by atoms with Crippen LogP contribution in [0.4, 0.5) is 0 Å². The van der Waals surface area contributed by atoms with Crippen molar-refractivity contribution in [1.82, 2.24) is 5.32 Å². The van der Waals surface area contributed by atoms with Gasteiger partial charge in [-0.05, 0) is 53.4 Å². The van der Waals surface area contributed by atoms with Gasteiger partial charge in [0.05, 0.1) is 0 Å². The maximum atomic E-state index is 12.2. The third kappa shape index (κ3) is 3.87. The first-order valence-electron chi connectivity index (χ1n) is 6.80. The number of carbonyl (C=O) groups excluding carboxylic acids is 2. The van der Waals surface area contributed by atoms with E-state index in [2.05, 4.69) is 5.32 Å². The Labute approximate surface area is 138 Å². The first kappa shape index (κ1) is 16.5. The summed E-state index contributed by atoms with van der Waals surface area (Å²) in [6.07, 6.45) is 0.917. The molecule has 0 aliphatic rings. The molecular formula is C16H17ClN2O2S. The molecule has 4 nitrogen and oxygen atoms in total. The van der Waals surface area contributed by atoms with Gasteiger partial charge in [-0.2, -0.15) is 11.3 Å². The van der Waals surface area contributed by atoms with Crippen LogP contribution in [0.2, 0.25) is 5.02 Å². The number of aryl methyl sites for hydroxylation is 1. The van der Waals surface area contributed by atoms with Gasteiger partial charge in [0.1, 0.15) is 5.54 Å². The second-order valence-corrected chi connectivity index (χ2v) is 6.40. The zero-order valence-corrected chi connectivity index (χ0v) is 13.7. The molecule has 0 aliphatic heterocycles. The highest BCUT2D eigenvalue weighted by Gasteiger charge is 2.34. The van der Waals surface area contributed by atoms with Crippen LogP contribution in [0.1, 0.15) is 24.5 Å². The lowest BCUT2D eigenvalue weighted by Crippen LogP contribution is -2.52. The molecule has 6 heteroatoms. The lowest BCUT2D eigenvalue weighted by atomic mass is 9.91. The van der Waals surface area contributed by atoms with E-state index >= 15 is 0 Å². The average molecular weight is 337 g/mol. The van der Waals surface area contributed by atoms with E-state index in [1.54, 1.807) is 42.5 Å². The van der Waals surface area contributed by atoms with Crippen molar-refractivity contribution in [3.05, 3.63) is 57.2 Å². The van der Waals surface area contributed by atoms with E-state index in [4.69, 9.17) is 17.3 Å². The Morgan fingerprint density at radius 3 is 2.73 bits per heavy atom. The molecule has 0 aliphatic carbocycles. The third-order valence-corrected chi connectivity index (χ3v) is 4.47. The van der Waals surface area contributed by atoms with E-state index < -0.39 is 11.4 Å². The highest BCUT2D eigenvalue weighted by atomic mass is 35.5. The normalized spacial score (nSPS) is 13.4. The van der Waals surface area contributed by atoms with Crippen molar-refractivity contribution in [2.75, 3.05) is 0 Å². The molecule has 0 fully saturated rings. The van der Waals surface area contributed by atoms with Crippen molar-refractivity contribution in [2.45, 2.75) is 25.3 Å². The number of nitrogens with two attached hydrogens (primary N) is 1. The van der Waals surface area contributed by atoms with E-state index in [1.165, 1.54) is 0 Å². The van der Waals surface area contributed by atoms with E-state index in [0.717, 1.165) is 5.56 Å². The van der Waals surface area contributed by atoms with Crippen LogP contribution in [0.25, 0.3) is 0 Å². The smallest absolute Gasteiger partial charge is 0.247 e. The average Bonchev–Trinajstić information content (AvgIpc) is 2.98. The number of thiophene rings is 1. The molecule has 2 aromatic rings. The van der Waals surface area contributed by atoms with Gasteiger partial charge in [0.15, 0.2) is 0 Å². The van der Waals surface area contributed by atoms with Gasteiger partial charge in [0.2, 0.25) is 11.8 Å². The molecule has 2 rings (SSSR count). The molecule has 2 amide bonds. The van der Waals surface area contributed by atoms with Crippen molar-refractivity contribution in [2.24, 2.45) is 5.73 Å². The molecule has 0 saturated carbocycles. The van der Waals surface area contributed by atoms with Crippen LogP contribution >= 0.6 is 22.9 Å². The maximum absolute atomic E-state index is 12.2. The number of hydrogen-bond donors (Lipinski definition) is 2. The Kier molecular flexibility index (Phi) is 5.21. The zero-order chi connectivity index (χ0) is 16.2. The molecule has 116 valence electrons. The Morgan fingerprint density at radius 1 is 1.36 bits per heavy atom.